The van der Waals surface area contributed by atoms with Crippen LogP contribution < -0.4 is 15.0 Å². The normalized spacial score (nSPS) is 12.0. The highest BCUT2D eigenvalue weighted by Gasteiger charge is 2.08. The molecule has 30 heavy (non-hydrogen) atoms. The molecule has 0 fully saturated rings. The van der Waals surface area contributed by atoms with E-state index in [1.807, 2.05) is 24.3 Å². The molecule has 0 aliphatic heterocycles. The molecule has 1 unspecified atom stereocenters. The number of hydrogen-bond donors (Lipinski definition) is 0. The quantitative estimate of drug-likeness (QED) is 0.512. The van der Waals surface area contributed by atoms with Crippen molar-refractivity contribution in [1.82, 2.24) is 14.5 Å². The van der Waals surface area contributed by atoms with Crippen LogP contribution in [0.4, 0.5) is 0 Å². The van der Waals surface area contributed by atoms with Crippen LogP contribution in [0.25, 0.3) is 5.69 Å². The van der Waals surface area contributed by atoms with Crippen LogP contribution in [0.15, 0.2) is 65.7 Å². The Morgan fingerprint density at radius 2 is 1.87 bits per heavy atom. The van der Waals surface area contributed by atoms with Crippen molar-refractivity contribution in [1.29, 1.82) is 0 Å². The molecule has 1 aromatic carbocycles. The standard InChI is InChI=1S/C23H26ClN3O3/c1-4-26(3)17(2)15-29-21-9-7-20(8-10-21)27-12-11-22(13-23(27)28)30-16-19-6-5-18(24)14-25-19/h5-14,17H,4,15-16H2,1-3H3. The average molecular weight is 428 g/mol. The third kappa shape index (κ3) is 5.84. The molecule has 2 heterocycles. The molecular weight excluding hydrogens is 402 g/mol. The van der Waals surface area contributed by atoms with Crippen molar-refractivity contribution in [2.24, 2.45) is 0 Å². The van der Waals surface area contributed by atoms with Crippen LogP contribution in [0.5, 0.6) is 11.5 Å². The van der Waals surface area contributed by atoms with Crippen molar-refractivity contribution >= 4 is 11.6 Å². The lowest BCUT2D eigenvalue weighted by Crippen LogP contribution is -2.33. The van der Waals surface area contributed by atoms with E-state index in [-0.39, 0.29) is 12.2 Å². The fourth-order valence-corrected chi connectivity index (χ4v) is 2.88. The number of benzene rings is 1. The maximum absolute atomic E-state index is 12.5. The van der Waals surface area contributed by atoms with Crippen molar-refractivity contribution < 1.29 is 9.47 Å². The molecule has 0 saturated carbocycles. The molecule has 3 rings (SSSR count). The monoisotopic (exact) mass is 427 g/mol. The Morgan fingerprint density at radius 3 is 2.50 bits per heavy atom. The van der Waals surface area contributed by atoms with E-state index in [9.17, 15) is 4.79 Å². The summed E-state index contributed by atoms with van der Waals surface area (Å²) in [5.41, 5.74) is 1.32. The molecule has 0 aliphatic carbocycles. The Kier molecular flexibility index (Phi) is 7.49. The predicted octanol–water partition coefficient (Wildman–Crippen LogP) is 4.18. The summed E-state index contributed by atoms with van der Waals surface area (Å²) < 4.78 is 13.1. The molecule has 0 spiro atoms. The summed E-state index contributed by atoms with van der Waals surface area (Å²) in [7, 11) is 2.07. The van der Waals surface area contributed by atoms with Gasteiger partial charge in [-0.25, -0.2) is 0 Å². The smallest absolute Gasteiger partial charge is 0.258 e. The van der Waals surface area contributed by atoms with E-state index >= 15 is 0 Å². The Bertz CT molecular complexity index is 1000. The lowest BCUT2D eigenvalue weighted by atomic mass is 10.2. The van der Waals surface area contributed by atoms with Crippen LogP contribution in [0.2, 0.25) is 5.02 Å². The largest absolute Gasteiger partial charge is 0.492 e. The summed E-state index contributed by atoms with van der Waals surface area (Å²) in [6.07, 6.45) is 3.26. The van der Waals surface area contributed by atoms with Gasteiger partial charge in [0.25, 0.3) is 5.56 Å². The van der Waals surface area contributed by atoms with Crippen molar-refractivity contribution in [3.63, 3.8) is 0 Å². The first kappa shape index (κ1) is 21.9. The van der Waals surface area contributed by atoms with Crippen LogP contribution in [0, 0.1) is 0 Å². The maximum Gasteiger partial charge on any atom is 0.258 e. The first-order valence-electron chi connectivity index (χ1n) is 9.85. The summed E-state index contributed by atoms with van der Waals surface area (Å²) >= 11 is 5.83. The molecule has 6 nitrogen and oxygen atoms in total. The van der Waals surface area contributed by atoms with Gasteiger partial charge in [-0.2, -0.15) is 0 Å². The minimum atomic E-state index is -0.177. The van der Waals surface area contributed by atoms with Crippen molar-refractivity contribution in [3.05, 3.63) is 82.0 Å². The number of nitrogens with zero attached hydrogens (tertiary/aromatic N) is 3. The van der Waals surface area contributed by atoms with Crippen molar-refractivity contribution in [2.45, 2.75) is 26.5 Å². The molecule has 0 amide bonds. The second-order valence-corrected chi connectivity index (χ2v) is 7.49. The van der Waals surface area contributed by atoms with Gasteiger partial charge in [-0.05, 0) is 63.0 Å². The van der Waals surface area contributed by atoms with E-state index in [1.165, 1.54) is 6.07 Å². The molecule has 0 aliphatic rings. The van der Waals surface area contributed by atoms with E-state index in [1.54, 1.807) is 35.2 Å². The Hall–Kier alpha value is -2.83. The SMILES string of the molecule is CCN(C)C(C)COc1ccc(-n2ccc(OCc3ccc(Cl)cn3)cc2=O)cc1. The van der Waals surface area contributed by atoms with Crippen molar-refractivity contribution in [2.75, 3.05) is 20.2 Å². The highest BCUT2D eigenvalue weighted by Crippen LogP contribution is 2.17. The maximum atomic E-state index is 12.5. The zero-order chi connectivity index (χ0) is 21.5. The number of rotatable bonds is 9. The summed E-state index contributed by atoms with van der Waals surface area (Å²) in [6, 6.07) is 14.6. The van der Waals surface area contributed by atoms with Gasteiger partial charge in [0.15, 0.2) is 0 Å². The second kappa shape index (κ2) is 10.3. The van der Waals surface area contributed by atoms with Crippen molar-refractivity contribution in [3.8, 4) is 17.2 Å². The van der Waals surface area contributed by atoms with E-state index in [2.05, 4.69) is 30.8 Å². The summed E-state index contributed by atoms with van der Waals surface area (Å²) in [4.78, 5) is 18.9. The Morgan fingerprint density at radius 1 is 1.10 bits per heavy atom. The highest BCUT2D eigenvalue weighted by molar-refractivity contribution is 6.30. The molecule has 1 atom stereocenters. The van der Waals surface area contributed by atoms with Crippen LogP contribution in [-0.4, -0.2) is 40.7 Å². The number of likely N-dealkylation sites (N-methyl/N-ethyl adjacent to an activating group) is 1. The number of ether oxygens (including phenoxy) is 2. The van der Waals surface area contributed by atoms with Gasteiger partial charge >= 0.3 is 0 Å². The lowest BCUT2D eigenvalue weighted by Gasteiger charge is -2.23. The third-order valence-electron chi connectivity index (χ3n) is 4.92. The molecule has 0 saturated heterocycles. The van der Waals surface area contributed by atoms with Gasteiger partial charge in [-0.1, -0.05) is 18.5 Å². The van der Waals surface area contributed by atoms with Gasteiger partial charge < -0.3 is 14.4 Å². The van der Waals surface area contributed by atoms with E-state index in [4.69, 9.17) is 21.1 Å². The molecular formula is C23H26ClN3O3. The van der Waals surface area contributed by atoms with E-state index in [0.717, 1.165) is 23.7 Å². The number of aromatic nitrogens is 2. The van der Waals surface area contributed by atoms with E-state index < -0.39 is 0 Å². The zero-order valence-corrected chi connectivity index (χ0v) is 18.2. The average Bonchev–Trinajstić information content (AvgIpc) is 2.77. The molecule has 2 aromatic heterocycles. The number of pyridine rings is 2. The second-order valence-electron chi connectivity index (χ2n) is 7.05. The Balaban J connectivity index is 1.61. The van der Waals surface area contributed by atoms with E-state index in [0.29, 0.717) is 23.4 Å². The van der Waals surface area contributed by atoms with Crippen LogP contribution >= 0.6 is 11.6 Å². The summed E-state index contributed by atoms with van der Waals surface area (Å²) in [5, 5.41) is 0.570. The Labute approximate surface area is 181 Å². The van der Waals surface area contributed by atoms with Crippen LogP contribution in [0.3, 0.4) is 0 Å². The lowest BCUT2D eigenvalue weighted by molar-refractivity contribution is 0.179. The zero-order valence-electron chi connectivity index (χ0n) is 17.4. The molecule has 158 valence electrons. The number of halogens is 1. The molecule has 7 heteroatoms. The molecule has 0 N–H and O–H groups in total. The number of hydrogen-bond acceptors (Lipinski definition) is 5. The minimum absolute atomic E-state index is 0.177. The van der Waals surface area contributed by atoms with Gasteiger partial charge in [0.1, 0.15) is 24.7 Å². The highest BCUT2D eigenvalue weighted by atomic mass is 35.5. The fourth-order valence-electron chi connectivity index (χ4n) is 2.77. The molecule has 0 radical (unpaired) electrons. The fraction of sp³-hybridized carbons (Fsp3) is 0.304. The first-order valence-corrected chi connectivity index (χ1v) is 10.2. The molecule has 3 aromatic rings. The summed E-state index contributed by atoms with van der Waals surface area (Å²) in [5.74, 6) is 1.26. The topological polar surface area (TPSA) is 56.6 Å². The molecule has 0 bridgehead atoms. The van der Waals surface area contributed by atoms with Gasteiger partial charge in [-0.3, -0.25) is 14.3 Å². The van der Waals surface area contributed by atoms with Gasteiger partial charge in [0, 0.05) is 30.2 Å². The van der Waals surface area contributed by atoms with Gasteiger partial charge in [0.05, 0.1) is 10.7 Å². The summed E-state index contributed by atoms with van der Waals surface area (Å²) in [6.45, 7) is 6.09. The van der Waals surface area contributed by atoms with Gasteiger partial charge in [-0.15, -0.1) is 0 Å². The van der Waals surface area contributed by atoms with Crippen LogP contribution in [-0.2, 0) is 6.61 Å². The van der Waals surface area contributed by atoms with Crippen LogP contribution in [0.1, 0.15) is 19.5 Å². The minimum Gasteiger partial charge on any atom is -0.492 e. The third-order valence-corrected chi connectivity index (χ3v) is 5.15. The predicted molar refractivity (Wildman–Crippen MR) is 119 cm³/mol. The van der Waals surface area contributed by atoms with Gasteiger partial charge in [0.2, 0.25) is 0 Å². The first-order chi connectivity index (χ1) is 14.5.